The summed E-state index contributed by atoms with van der Waals surface area (Å²) in [6, 6.07) is 0.444. The number of carbonyl (C=O) groups is 1. The van der Waals surface area contributed by atoms with Gasteiger partial charge in [-0.3, -0.25) is 4.79 Å². The van der Waals surface area contributed by atoms with E-state index in [1.807, 2.05) is 10.9 Å². The highest BCUT2D eigenvalue weighted by Gasteiger charge is 2.22. The molecular weight excluding hydrogens is 242 g/mol. The molecule has 1 aliphatic rings. The lowest BCUT2D eigenvalue weighted by atomic mass is 10.1. The second kappa shape index (κ2) is 5.69. The lowest BCUT2D eigenvalue weighted by Crippen LogP contribution is -2.29. The summed E-state index contributed by atoms with van der Waals surface area (Å²) < 4.78 is 1.85. The number of amides is 1. The molecule has 1 saturated carbocycles. The second-order valence-electron chi connectivity index (χ2n) is 6.09. The van der Waals surface area contributed by atoms with Crippen molar-refractivity contribution in [1.82, 2.24) is 25.6 Å². The standard InChI is InChI=1S/C13H23N5O/c1-13(2,3)18-9-11(16-17-18)8-14-7-6-12(19)15-10-4-5-10/h9-10,14H,4-8H2,1-3H3,(H,15,19). The summed E-state index contributed by atoms with van der Waals surface area (Å²) in [4.78, 5) is 11.5. The summed E-state index contributed by atoms with van der Waals surface area (Å²) in [6.07, 6.45) is 4.73. The van der Waals surface area contributed by atoms with Gasteiger partial charge in [-0.25, -0.2) is 4.68 Å². The van der Waals surface area contributed by atoms with E-state index in [1.165, 1.54) is 0 Å². The minimum Gasteiger partial charge on any atom is -0.353 e. The van der Waals surface area contributed by atoms with E-state index in [4.69, 9.17) is 0 Å². The Balaban J connectivity index is 1.65. The molecule has 0 atom stereocenters. The van der Waals surface area contributed by atoms with Crippen molar-refractivity contribution in [1.29, 1.82) is 0 Å². The first-order valence-corrected chi connectivity index (χ1v) is 6.87. The van der Waals surface area contributed by atoms with E-state index in [0.29, 0.717) is 25.6 Å². The molecule has 19 heavy (non-hydrogen) atoms. The van der Waals surface area contributed by atoms with Crippen LogP contribution in [0.3, 0.4) is 0 Å². The molecule has 0 radical (unpaired) electrons. The first-order chi connectivity index (χ1) is 8.95. The highest BCUT2D eigenvalue weighted by Crippen LogP contribution is 2.18. The van der Waals surface area contributed by atoms with Crippen LogP contribution in [0.1, 0.15) is 45.7 Å². The lowest BCUT2D eigenvalue weighted by molar-refractivity contribution is -0.121. The number of carbonyl (C=O) groups excluding carboxylic acids is 1. The van der Waals surface area contributed by atoms with Crippen molar-refractivity contribution in [3.8, 4) is 0 Å². The summed E-state index contributed by atoms with van der Waals surface area (Å²) in [7, 11) is 0. The van der Waals surface area contributed by atoms with Crippen LogP contribution in [0.2, 0.25) is 0 Å². The molecule has 0 aromatic carbocycles. The molecule has 2 N–H and O–H groups in total. The Labute approximate surface area is 113 Å². The number of nitrogens with one attached hydrogen (secondary N) is 2. The van der Waals surface area contributed by atoms with Crippen LogP contribution in [0.5, 0.6) is 0 Å². The number of aromatic nitrogens is 3. The van der Waals surface area contributed by atoms with Gasteiger partial charge in [0.15, 0.2) is 0 Å². The van der Waals surface area contributed by atoms with Crippen LogP contribution in [0.4, 0.5) is 0 Å². The Morgan fingerprint density at radius 3 is 2.79 bits per heavy atom. The molecule has 2 rings (SSSR count). The zero-order valence-electron chi connectivity index (χ0n) is 11.9. The van der Waals surface area contributed by atoms with E-state index in [2.05, 4.69) is 41.7 Å². The molecule has 6 heteroatoms. The van der Waals surface area contributed by atoms with E-state index >= 15 is 0 Å². The Kier molecular flexibility index (Phi) is 4.19. The molecule has 0 aliphatic heterocycles. The molecule has 1 amide bonds. The third kappa shape index (κ3) is 4.63. The van der Waals surface area contributed by atoms with Crippen molar-refractivity contribution in [2.45, 2.75) is 58.2 Å². The van der Waals surface area contributed by atoms with Crippen LogP contribution in [-0.4, -0.2) is 33.5 Å². The summed E-state index contributed by atoms with van der Waals surface area (Å²) in [6.45, 7) is 7.57. The molecule has 1 aliphatic carbocycles. The topological polar surface area (TPSA) is 71.8 Å². The van der Waals surface area contributed by atoms with Gasteiger partial charge in [-0.05, 0) is 33.6 Å². The first-order valence-electron chi connectivity index (χ1n) is 6.87. The van der Waals surface area contributed by atoms with E-state index in [1.54, 1.807) is 0 Å². The van der Waals surface area contributed by atoms with Gasteiger partial charge in [0.25, 0.3) is 0 Å². The summed E-state index contributed by atoms with van der Waals surface area (Å²) in [5.41, 5.74) is 0.854. The highest BCUT2D eigenvalue weighted by atomic mass is 16.1. The van der Waals surface area contributed by atoms with Gasteiger partial charge in [0.2, 0.25) is 5.91 Å². The van der Waals surface area contributed by atoms with Gasteiger partial charge in [-0.2, -0.15) is 0 Å². The fourth-order valence-electron chi connectivity index (χ4n) is 1.65. The fourth-order valence-corrected chi connectivity index (χ4v) is 1.65. The average molecular weight is 265 g/mol. The first kappa shape index (κ1) is 14.0. The van der Waals surface area contributed by atoms with Gasteiger partial charge in [0, 0.05) is 25.6 Å². The minimum atomic E-state index is -0.0462. The maximum atomic E-state index is 11.5. The molecule has 0 bridgehead atoms. The van der Waals surface area contributed by atoms with Crippen molar-refractivity contribution in [2.24, 2.45) is 0 Å². The Bertz CT molecular complexity index is 430. The fraction of sp³-hybridized carbons (Fsp3) is 0.769. The Morgan fingerprint density at radius 1 is 1.47 bits per heavy atom. The van der Waals surface area contributed by atoms with Gasteiger partial charge in [0.1, 0.15) is 0 Å². The molecule has 1 heterocycles. The maximum Gasteiger partial charge on any atom is 0.221 e. The Hall–Kier alpha value is -1.43. The lowest BCUT2D eigenvalue weighted by Gasteiger charge is -2.17. The maximum absolute atomic E-state index is 11.5. The van der Waals surface area contributed by atoms with Crippen molar-refractivity contribution in [2.75, 3.05) is 6.54 Å². The number of hydrogen-bond acceptors (Lipinski definition) is 4. The van der Waals surface area contributed by atoms with Gasteiger partial charge in [-0.1, -0.05) is 5.21 Å². The molecule has 0 unspecified atom stereocenters. The van der Waals surface area contributed by atoms with E-state index in [9.17, 15) is 4.79 Å². The number of nitrogens with zero attached hydrogens (tertiary/aromatic N) is 3. The summed E-state index contributed by atoms with van der Waals surface area (Å²) in [5.74, 6) is 0.133. The molecule has 1 fully saturated rings. The van der Waals surface area contributed by atoms with Gasteiger partial charge in [-0.15, -0.1) is 5.10 Å². The molecule has 106 valence electrons. The van der Waals surface area contributed by atoms with E-state index in [0.717, 1.165) is 18.5 Å². The van der Waals surface area contributed by atoms with Crippen LogP contribution in [0, 0.1) is 0 Å². The van der Waals surface area contributed by atoms with Crippen molar-refractivity contribution in [3.05, 3.63) is 11.9 Å². The number of rotatable bonds is 6. The predicted molar refractivity (Wildman–Crippen MR) is 72.5 cm³/mol. The summed E-state index contributed by atoms with van der Waals surface area (Å²) in [5, 5.41) is 14.4. The Morgan fingerprint density at radius 2 is 2.21 bits per heavy atom. The molecule has 6 nitrogen and oxygen atoms in total. The molecule has 0 spiro atoms. The molecule has 1 aromatic rings. The SMILES string of the molecule is CC(C)(C)n1cc(CNCCC(=O)NC2CC2)nn1. The quantitative estimate of drug-likeness (QED) is 0.746. The third-order valence-electron chi connectivity index (χ3n) is 3.01. The van der Waals surface area contributed by atoms with E-state index < -0.39 is 0 Å². The predicted octanol–water partition coefficient (Wildman–Crippen LogP) is 0.791. The second-order valence-corrected chi connectivity index (χ2v) is 6.09. The monoisotopic (exact) mass is 265 g/mol. The van der Waals surface area contributed by atoms with Gasteiger partial charge in [0.05, 0.1) is 17.4 Å². The zero-order valence-corrected chi connectivity index (χ0v) is 11.9. The molecule has 1 aromatic heterocycles. The minimum absolute atomic E-state index is 0.0462. The molecular formula is C13H23N5O. The van der Waals surface area contributed by atoms with Crippen LogP contribution >= 0.6 is 0 Å². The van der Waals surface area contributed by atoms with E-state index in [-0.39, 0.29) is 11.4 Å². The van der Waals surface area contributed by atoms with Gasteiger partial charge < -0.3 is 10.6 Å². The van der Waals surface area contributed by atoms with Gasteiger partial charge >= 0.3 is 0 Å². The smallest absolute Gasteiger partial charge is 0.221 e. The summed E-state index contributed by atoms with van der Waals surface area (Å²) >= 11 is 0. The average Bonchev–Trinajstić information content (AvgIpc) is 2.98. The largest absolute Gasteiger partial charge is 0.353 e. The van der Waals surface area contributed by atoms with Crippen LogP contribution in [0.25, 0.3) is 0 Å². The normalized spacial score (nSPS) is 15.5. The van der Waals surface area contributed by atoms with Crippen molar-refractivity contribution < 1.29 is 4.79 Å². The molecule has 0 saturated heterocycles. The highest BCUT2D eigenvalue weighted by molar-refractivity contribution is 5.76. The van der Waals surface area contributed by atoms with Crippen molar-refractivity contribution in [3.63, 3.8) is 0 Å². The van der Waals surface area contributed by atoms with Crippen LogP contribution < -0.4 is 10.6 Å². The number of hydrogen-bond donors (Lipinski definition) is 2. The zero-order chi connectivity index (χ0) is 13.9. The van der Waals surface area contributed by atoms with Crippen molar-refractivity contribution >= 4 is 5.91 Å². The third-order valence-corrected chi connectivity index (χ3v) is 3.01. The van der Waals surface area contributed by atoms with Crippen LogP contribution in [0.15, 0.2) is 6.20 Å². The van der Waals surface area contributed by atoms with Crippen LogP contribution in [-0.2, 0) is 16.9 Å².